The molecule has 1 amide bonds. The fraction of sp³-hybridized carbons (Fsp3) is 0.143. The second kappa shape index (κ2) is 4.73. The van der Waals surface area contributed by atoms with Gasteiger partial charge >= 0.3 is 0 Å². The monoisotopic (exact) mass is 270 g/mol. The molecule has 1 aromatic carbocycles. The molecule has 2 heterocycles. The second-order valence-corrected chi connectivity index (χ2v) is 4.62. The third-order valence-electron chi connectivity index (χ3n) is 3.06. The van der Waals surface area contributed by atoms with E-state index >= 15 is 0 Å². The fourth-order valence-electron chi connectivity index (χ4n) is 2.09. The molecule has 0 aliphatic heterocycles. The number of nitrogens with two attached hydrogens (primary N) is 1. The third-order valence-corrected chi connectivity index (χ3v) is 3.06. The number of carbonyl (C=O) groups excluding carboxylic acids is 1. The van der Waals surface area contributed by atoms with E-state index in [4.69, 9.17) is 10.3 Å². The summed E-state index contributed by atoms with van der Waals surface area (Å²) in [5.41, 5.74) is 8.50. The van der Waals surface area contributed by atoms with Gasteiger partial charge in [-0.25, -0.2) is 0 Å². The molecule has 0 saturated carbocycles. The molecule has 0 radical (unpaired) electrons. The average Bonchev–Trinajstić information content (AvgIpc) is 3.02. The number of carbonyl (C=O) groups is 1. The van der Waals surface area contributed by atoms with Crippen LogP contribution in [0, 0.1) is 6.92 Å². The lowest BCUT2D eigenvalue weighted by molar-refractivity contribution is 0.0952. The number of nitrogens with one attached hydrogen (secondary N) is 2. The van der Waals surface area contributed by atoms with Gasteiger partial charge in [0, 0.05) is 28.9 Å². The van der Waals surface area contributed by atoms with Crippen molar-refractivity contribution in [3.8, 4) is 0 Å². The Morgan fingerprint density at radius 3 is 3.05 bits per heavy atom. The van der Waals surface area contributed by atoms with Crippen molar-refractivity contribution in [1.82, 2.24) is 15.5 Å². The Labute approximate surface area is 114 Å². The molecule has 20 heavy (non-hydrogen) atoms. The Bertz CT molecular complexity index is 772. The minimum absolute atomic E-state index is 0.178. The van der Waals surface area contributed by atoms with Crippen LogP contribution in [0.25, 0.3) is 10.9 Å². The largest absolute Gasteiger partial charge is 0.399 e. The van der Waals surface area contributed by atoms with Crippen molar-refractivity contribution in [3.05, 3.63) is 47.5 Å². The topological polar surface area (TPSA) is 96.9 Å². The van der Waals surface area contributed by atoms with Crippen LogP contribution in [0.5, 0.6) is 0 Å². The average molecular weight is 270 g/mol. The number of benzene rings is 1. The Morgan fingerprint density at radius 2 is 2.30 bits per heavy atom. The number of aromatic amines is 1. The van der Waals surface area contributed by atoms with Gasteiger partial charge in [-0.2, -0.15) is 0 Å². The molecule has 4 N–H and O–H groups in total. The molecule has 0 saturated heterocycles. The molecule has 0 atom stereocenters. The van der Waals surface area contributed by atoms with E-state index in [-0.39, 0.29) is 5.91 Å². The Balaban J connectivity index is 1.80. The highest BCUT2D eigenvalue weighted by molar-refractivity contribution is 6.07. The maximum atomic E-state index is 12.2. The van der Waals surface area contributed by atoms with E-state index in [0.717, 1.165) is 10.9 Å². The summed E-state index contributed by atoms with van der Waals surface area (Å²) >= 11 is 0. The van der Waals surface area contributed by atoms with E-state index in [1.807, 2.05) is 6.07 Å². The Morgan fingerprint density at radius 1 is 1.45 bits per heavy atom. The van der Waals surface area contributed by atoms with Crippen LogP contribution in [0.1, 0.15) is 21.8 Å². The summed E-state index contributed by atoms with van der Waals surface area (Å²) in [5.74, 6) is 0.539. The number of nitrogens with zero attached hydrogens (tertiary/aromatic N) is 1. The van der Waals surface area contributed by atoms with Crippen LogP contribution < -0.4 is 11.1 Å². The zero-order valence-electron chi connectivity index (χ0n) is 10.9. The second-order valence-electron chi connectivity index (χ2n) is 4.62. The molecule has 3 rings (SSSR count). The number of hydrogen-bond donors (Lipinski definition) is 3. The van der Waals surface area contributed by atoms with E-state index in [2.05, 4.69) is 15.5 Å². The van der Waals surface area contributed by atoms with Gasteiger partial charge in [0.2, 0.25) is 0 Å². The zero-order chi connectivity index (χ0) is 14.1. The molecular formula is C14H14N4O2. The van der Waals surface area contributed by atoms with Gasteiger partial charge in [-0.1, -0.05) is 5.16 Å². The standard InChI is InChI=1S/C14H14N4O2/c1-8-4-10(18-20-8)6-17-14(19)12-7-16-13-3-2-9(15)5-11(12)13/h2-5,7,16H,6,15H2,1H3,(H,17,19). The van der Waals surface area contributed by atoms with E-state index in [9.17, 15) is 4.79 Å². The molecule has 0 unspecified atom stereocenters. The minimum atomic E-state index is -0.178. The molecule has 102 valence electrons. The lowest BCUT2D eigenvalue weighted by Gasteiger charge is -2.02. The van der Waals surface area contributed by atoms with Crippen LogP contribution in [-0.4, -0.2) is 16.0 Å². The molecule has 6 nitrogen and oxygen atoms in total. The predicted octanol–water partition coefficient (Wildman–Crippen LogP) is 1.98. The molecule has 2 aromatic heterocycles. The molecule has 0 bridgehead atoms. The van der Waals surface area contributed by atoms with Gasteiger partial charge in [0.15, 0.2) is 0 Å². The maximum absolute atomic E-state index is 12.2. The summed E-state index contributed by atoms with van der Waals surface area (Å²) < 4.78 is 4.95. The van der Waals surface area contributed by atoms with E-state index < -0.39 is 0 Å². The SMILES string of the molecule is Cc1cc(CNC(=O)c2c[nH]c3ccc(N)cc23)no1. The summed E-state index contributed by atoms with van der Waals surface area (Å²) in [6.45, 7) is 2.13. The van der Waals surface area contributed by atoms with E-state index in [1.165, 1.54) is 0 Å². The van der Waals surface area contributed by atoms with Crippen molar-refractivity contribution >= 4 is 22.5 Å². The number of aryl methyl sites for hydroxylation is 1. The molecule has 6 heteroatoms. The quantitative estimate of drug-likeness (QED) is 0.634. The van der Waals surface area contributed by atoms with Gasteiger partial charge in [0.25, 0.3) is 5.91 Å². The number of nitrogen functional groups attached to an aromatic ring is 1. The van der Waals surface area contributed by atoms with Gasteiger partial charge in [0.05, 0.1) is 12.1 Å². The number of anilines is 1. The van der Waals surface area contributed by atoms with Crippen molar-refractivity contribution in [3.63, 3.8) is 0 Å². The van der Waals surface area contributed by atoms with Gasteiger partial charge in [-0.15, -0.1) is 0 Å². The lowest BCUT2D eigenvalue weighted by Crippen LogP contribution is -2.22. The van der Waals surface area contributed by atoms with Crippen molar-refractivity contribution in [1.29, 1.82) is 0 Å². The van der Waals surface area contributed by atoms with E-state index in [0.29, 0.717) is 29.2 Å². The Kier molecular flexibility index (Phi) is 2.90. The molecule has 0 aliphatic rings. The molecule has 0 aliphatic carbocycles. The summed E-state index contributed by atoms with van der Waals surface area (Å²) in [6, 6.07) is 7.20. The first-order valence-corrected chi connectivity index (χ1v) is 6.20. The first kappa shape index (κ1) is 12.3. The highest BCUT2D eigenvalue weighted by Gasteiger charge is 2.12. The number of rotatable bonds is 3. The van der Waals surface area contributed by atoms with Gasteiger partial charge in [0.1, 0.15) is 11.5 Å². The van der Waals surface area contributed by atoms with Crippen molar-refractivity contribution < 1.29 is 9.32 Å². The summed E-state index contributed by atoms with van der Waals surface area (Å²) in [7, 11) is 0. The predicted molar refractivity (Wildman–Crippen MR) is 75.1 cm³/mol. The number of amides is 1. The normalized spacial score (nSPS) is 10.8. The van der Waals surface area contributed by atoms with Crippen LogP contribution in [0.2, 0.25) is 0 Å². The van der Waals surface area contributed by atoms with Crippen LogP contribution in [0.3, 0.4) is 0 Å². The molecular weight excluding hydrogens is 256 g/mol. The highest BCUT2D eigenvalue weighted by atomic mass is 16.5. The number of fused-ring (bicyclic) bond motifs is 1. The van der Waals surface area contributed by atoms with Crippen LogP contribution in [0.4, 0.5) is 5.69 Å². The summed E-state index contributed by atoms with van der Waals surface area (Å²) in [5, 5.41) is 7.44. The van der Waals surface area contributed by atoms with Gasteiger partial charge in [-0.3, -0.25) is 4.79 Å². The van der Waals surface area contributed by atoms with Crippen LogP contribution >= 0.6 is 0 Å². The molecule has 0 fully saturated rings. The lowest BCUT2D eigenvalue weighted by atomic mass is 10.1. The number of hydrogen-bond acceptors (Lipinski definition) is 4. The Hall–Kier alpha value is -2.76. The first-order chi connectivity index (χ1) is 9.63. The van der Waals surface area contributed by atoms with E-state index in [1.54, 1.807) is 31.3 Å². The van der Waals surface area contributed by atoms with Crippen LogP contribution in [0.15, 0.2) is 35.0 Å². The third kappa shape index (κ3) is 2.23. The summed E-state index contributed by atoms with van der Waals surface area (Å²) in [4.78, 5) is 15.2. The van der Waals surface area contributed by atoms with Gasteiger partial charge < -0.3 is 20.6 Å². The molecule has 0 spiro atoms. The highest BCUT2D eigenvalue weighted by Crippen LogP contribution is 2.20. The van der Waals surface area contributed by atoms with Crippen molar-refractivity contribution in [2.24, 2.45) is 0 Å². The maximum Gasteiger partial charge on any atom is 0.253 e. The zero-order valence-corrected chi connectivity index (χ0v) is 10.9. The smallest absolute Gasteiger partial charge is 0.253 e. The molecule has 3 aromatic rings. The fourth-order valence-corrected chi connectivity index (χ4v) is 2.09. The van der Waals surface area contributed by atoms with Crippen molar-refractivity contribution in [2.45, 2.75) is 13.5 Å². The minimum Gasteiger partial charge on any atom is -0.399 e. The van der Waals surface area contributed by atoms with Crippen molar-refractivity contribution in [2.75, 3.05) is 5.73 Å². The van der Waals surface area contributed by atoms with Gasteiger partial charge in [-0.05, 0) is 25.1 Å². The number of H-pyrrole nitrogens is 1. The number of aromatic nitrogens is 2. The summed E-state index contributed by atoms with van der Waals surface area (Å²) in [6.07, 6.45) is 1.67. The van der Waals surface area contributed by atoms with Crippen LogP contribution in [-0.2, 0) is 6.54 Å². The first-order valence-electron chi connectivity index (χ1n) is 6.20.